The van der Waals surface area contributed by atoms with Crippen molar-refractivity contribution in [3.05, 3.63) is 68.5 Å². The van der Waals surface area contributed by atoms with Gasteiger partial charge in [0.15, 0.2) is 6.10 Å². The summed E-state index contributed by atoms with van der Waals surface area (Å²) in [6, 6.07) is 14.9. The molecule has 0 bridgehead atoms. The van der Waals surface area contributed by atoms with Crippen LogP contribution in [0.5, 0.6) is 0 Å². The van der Waals surface area contributed by atoms with Gasteiger partial charge in [0.2, 0.25) is 0 Å². The summed E-state index contributed by atoms with van der Waals surface area (Å²) < 4.78 is 19.9. The highest BCUT2D eigenvalue weighted by atomic mass is 79.9. The second-order valence-electron chi connectivity index (χ2n) is 8.77. The third kappa shape index (κ3) is 5.53. The summed E-state index contributed by atoms with van der Waals surface area (Å²) in [6.45, 7) is 6.88. The molecule has 7 heteroatoms. The summed E-state index contributed by atoms with van der Waals surface area (Å²) in [6.07, 6.45) is 0.0937. The van der Waals surface area contributed by atoms with E-state index in [1.165, 1.54) is 34.4 Å². The Balaban J connectivity index is 1.72. The first-order valence-corrected chi connectivity index (χ1v) is 13.1. The van der Waals surface area contributed by atoms with Gasteiger partial charge in [0.25, 0.3) is 0 Å². The molecule has 0 unspecified atom stereocenters. The molecule has 1 saturated heterocycles. The highest BCUT2D eigenvalue weighted by molar-refractivity contribution is 9.10. The van der Waals surface area contributed by atoms with E-state index >= 15 is 0 Å². The largest absolute Gasteiger partial charge is 0.458 e. The second-order valence-corrected chi connectivity index (χ2v) is 10.8. The SMILES string of the molecule is CC[C@@H]1C[C@H](OC(C)=O)[C@@H](OC(C)=O)[C@H](c2cc(Cc3cc4ccccc4s3)c(C)cc2Br)O1. The molecule has 1 aromatic heterocycles. The second kappa shape index (κ2) is 10.6. The Morgan fingerprint density at radius 3 is 2.53 bits per heavy atom. The number of carbonyl (C=O) groups excluding carboxylic acids is 2. The normalized spacial score (nSPS) is 22.5. The molecule has 1 fully saturated rings. The van der Waals surface area contributed by atoms with Crippen molar-refractivity contribution in [3.8, 4) is 0 Å². The van der Waals surface area contributed by atoms with Crippen LogP contribution in [-0.2, 0) is 30.2 Å². The van der Waals surface area contributed by atoms with Crippen LogP contribution in [0, 0.1) is 6.92 Å². The number of carbonyl (C=O) groups is 2. The van der Waals surface area contributed by atoms with Crippen molar-refractivity contribution < 1.29 is 23.8 Å². The summed E-state index contributed by atoms with van der Waals surface area (Å²) in [5.41, 5.74) is 3.23. The molecule has 180 valence electrons. The summed E-state index contributed by atoms with van der Waals surface area (Å²) in [5.74, 6) is -0.828. The first kappa shape index (κ1) is 24.9. The predicted octanol–water partition coefficient (Wildman–Crippen LogP) is 6.67. The maximum absolute atomic E-state index is 12.0. The van der Waals surface area contributed by atoms with E-state index in [0.717, 1.165) is 28.4 Å². The molecule has 0 aliphatic carbocycles. The van der Waals surface area contributed by atoms with Gasteiger partial charge in [0.05, 0.1) is 6.10 Å². The first-order valence-electron chi connectivity index (χ1n) is 11.5. The minimum Gasteiger partial charge on any atom is -0.458 e. The van der Waals surface area contributed by atoms with Gasteiger partial charge in [-0.05, 0) is 53.6 Å². The van der Waals surface area contributed by atoms with Crippen molar-refractivity contribution in [1.82, 2.24) is 0 Å². The molecule has 1 aliphatic heterocycles. The minimum atomic E-state index is -0.722. The number of esters is 2. The zero-order chi connectivity index (χ0) is 24.4. The number of fused-ring (bicyclic) bond motifs is 1. The molecule has 4 rings (SSSR count). The number of thiophene rings is 1. The number of benzene rings is 2. The van der Waals surface area contributed by atoms with Gasteiger partial charge in [-0.15, -0.1) is 11.3 Å². The fourth-order valence-corrected chi connectivity index (χ4v) is 6.33. The Hall–Kier alpha value is -2.22. The third-order valence-corrected chi connectivity index (χ3v) is 7.98. The Bertz CT molecular complexity index is 1170. The molecule has 2 aromatic carbocycles. The van der Waals surface area contributed by atoms with Gasteiger partial charge in [-0.25, -0.2) is 0 Å². The number of ether oxygens (including phenoxy) is 3. The Morgan fingerprint density at radius 1 is 1.12 bits per heavy atom. The topological polar surface area (TPSA) is 61.8 Å². The van der Waals surface area contributed by atoms with E-state index in [4.69, 9.17) is 14.2 Å². The molecule has 0 amide bonds. The lowest BCUT2D eigenvalue weighted by molar-refractivity contribution is -0.208. The molecular weight excluding hydrogens is 516 g/mol. The molecule has 0 spiro atoms. The molecule has 0 N–H and O–H groups in total. The Morgan fingerprint density at radius 2 is 1.85 bits per heavy atom. The predicted molar refractivity (Wildman–Crippen MR) is 137 cm³/mol. The number of hydrogen-bond acceptors (Lipinski definition) is 6. The van der Waals surface area contributed by atoms with Crippen molar-refractivity contribution >= 4 is 49.3 Å². The van der Waals surface area contributed by atoms with Crippen LogP contribution in [0.2, 0.25) is 0 Å². The highest BCUT2D eigenvalue weighted by Gasteiger charge is 2.44. The fourth-order valence-electron chi connectivity index (χ4n) is 4.56. The molecule has 34 heavy (non-hydrogen) atoms. The monoisotopic (exact) mass is 544 g/mol. The molecule has 2 heterocycles. The third-order valence-electron chi connectivity index (χ3n) is 6.18. The maximum Gasteiger partial charge on any atom is 0.303 e. The quantitative estimate of drug-likeness (QED) is 0.324. The van der Waals surface area contributed by atoms with Crippen LogP contribution in [0.4, 0.5) is 0 Å². The number of aryl methyl sites for hydroxylation is 1. The van der Waals surface area contributed by atoms with E-state index in [1.807, 2.05) is 6.92 Å². The molecule has 0 saturated carbocycles. The van der Waals surface area contributed by atoms with Crippen molar-refractivity contribution in [1.29, 1.82) is 0 Å². The van der Waals surface area contributed by atoms with Crippen LogP contribution in [0.1, 0.15) is 61.3 Å². The van der Waals surface area contributed by atoms with Gasteiger partial charge in [-0.1, -0.05) is 47.1 Å². The summed E-state index contributed by atoms with van der Waals surface area (Å²) in [4.78, 5) is 25.1. The number of halogens is 1. The van der Waals surface area contributed by atoms with Gasteiger partial charge in [-0.2, -0.15) is 0 Å². The molecule has 0 radical (unpaired) electrons. The van der Waals surface area contributed by atoms with Crippen LogP contribution in [0.3, 0.4) is 0 Å². The average molecular weight is 545 g/mol. The van der Waals surface area contributed by atoms with E-state index in [9.17, 15) is 9.59 Å². The standard InChI is InChI=1S/C27H29BrO5S/c1-5-20-14-24(31-16(3)29)27(32-17(4)30)26(33-20)22-13-19(15(2)10-23(22)28)12-21-11-18-8-6-7-9-25(18)34-21/h6-11,13,20,24,26-27H,5,12,14H2,1-4H3/t20-,24+,26+,27-/m1/s1. The van der Waals surface area contributed by atoms with Gasteiger partial charge in [0.1, 0.15) is 12.2 Å². The van der Waals surface area contributed by atoms with Gasteiger partial charge < -0.3 is 14.2 Å². The lowest BCUT2D eigenvalue weighted by Crippen LogP contribution is -2.47. The minimum absolute atomic E-state index is 0.111. The molecule has 1 aliphatic rings. The Labute approximate surface area is 212 Å². The number of rotatable bonds is 6. The van der Waals surface area contributed by atoms with Crippen molar-refractivity contribution in [2.45, 2.75) is 71.4 Å². The van der Waals surface area contributed by atoms with Crippen molar-refractivity contribution in [2.75, 3.05) is 0 Å². The Kier molecular flexibility index (Phi) is 7.75. The fraction of sp³-hybridized carbons (Fsp3) is 0.407. The van der Waals surface area contributed by atoms with Crippen LogP contribution >= 0.6 is 27.3 Å². The van der Waals surface area contributed by atoms with Gasteiger partial charge in [-0.3, -0.25) is 9.59 Å². The smallest absolute Gasteiger partial charge is 0.303 e. The van der Waals surface area contributed by atoms with E-state index < -0.39 is 30.3 Å². The lowest BCUT2D eigenvalue weighted by Gasteiger charge is -2.41. The van der Waals surface area contributed by atoms with Gasteiger partial charge >= 0.3 is 11.9 Å². The van der Waals surface area contributed by atoms with E-state index in [0.29, 0.717) is 6.42 Å². The zero-order valence-electron chi connectivity index (χ0n) is 19.8. The van der Waals surface area contributed by atoms with Crippen LogP contribution in [-0.4, -0.2) is 30.3 Å². The lowest BCUT2D eigenvalue weighted by atomic mass is 9.90. The zero-order valence-corrected chi connectivity index (χ0v) is 22.2. The summed E-state index contributed by atoms with van der Waals surface area (Å²) in [5, 5.41) is 1.25. The molecular formula is C27H29BrO5S. The molecule has 3 aromatic rings. The number of hydrogen-bond donors (Lipinski definition) is 0. The maximum atomic E-state index is 12.0. The summed E-state index contributed by atoms with van der Waals surface area (Å²) >= 11 is 5.51. The van der Waals surface area contributed by atoms with Crippen LogP contribution in [0.15, 0.2) is 46.9 Å². The first-order chi connectivity index (χ1) is 16.2. The highest BCUT2D eigenvalue weighted by Crippen LogP contribution is 2.41. The van der Waals surface area contributed by atoms with Crippen molar-refractivity contribution in [3.63, 3.8) is 0 Å². The van der Waals surface area contributed by atoms with Crippen LogP contribution < -0.4 is 0 Å². The van der Waals surface area contributed by atoms with E-state index in [-0.39, 0.29) is 6.10 Å². The summed E-state index contributed by atoms with van der Waals surface area (Å²) in [7, 11) is 0. The molecule has 5 nitrogen and oxygen atoms in total. The van der Waals surface area contributed by atoms with Crippen LogP contribution in [0.25, 0.3) is 10.1 Å². The van der Waals surface area contributed by atoms with E-state index in [1.54, 1.807) is 11.3 Å². The van der Waals surface area contributed by atoms with Crippen molar-refractivity contribution in [2.24, 2.45) is 0 Å². The van der Waals surface area contributed by atoms with E-state index in [2.05, 4.69) is 65.3 Å². The average Bonchev–Trinajstić information content (AvgIpc) is 3.18. The van der Waals surface area contributed by atoms with Gasteiger partial charge in [0, 0.05) is 40.7 Å². The molecule has 4 atom stereocenters.